The maximum Gasteiger partial charge on any atom is 0.243 e. The summed E-state index contributed by atoms with van der Waals surface area (Å²) in [7, 11) is 0. The fourth-order valence-corrected chi connectivity index (χ4v) is 2.14. The molecule has 15 heavy (non-hydrogen) atoms. The molecule has 84 valence electrons. The average molecular weight is 209 g/mol. The second-order valence-electron chi connectivity index (χ2n) is 4.47. The normalized spacial score (nSPS) is 21.2. The molecule has 1 atom stereocenters. The van der Waals surface area contributed by atoms with Crippen LogP contribution >= 0.6 is 0 Å². The number of hydrogen-bond donors (Lipinski definition) is 1. The van der Waals surface area contributed by atoms with Crippen LogP contribution in [-0.2, 0) is 0 Å². The van der Waals surface area contributed by atoms with Gasteiger partial charge in [0.1, 0.15) is 0 Å². The van der Waals surface area contributed by atoms with Crippen LogP contribution < -0.4 is 5.73 Å². The lowest BCUT2D eigenvalue weighted by Gasteiger charge is -2.07. The molecule has 1 aliphatic carbocycles. The summed E-state index contributed by atoms with van der Waals surface area (Å²) < 4.78 is 5.13. The fourth-order valence-electron chi connectivity index (χ4n) is 2.14. The summed E-state index contributed by atoms with van der Waals surface area (Å²) >= 11 is 0. The highest BCUT2D eigenvalue weighted by molar-refractivity contribution is 4.97. The first-order valence-corrected chi connectivity index (χ1v) is 5.86. The van der Waals surface area contributed by atoms with Crippen molar-refractivity contribution in [3.63, 3.8) is 0 Å². The Labute approximate surface area is 90.2 Å². The van der Waals surface area contributed by atoms with Crippen molar-refractivity contribution in [1.82, 2.24) is 10.1 Å². The Morgan fingerprint density at radius 3 is 2.47 bits per heavy atom. The van der Waals surface area contributed by atoms with Crippen molar-refractivity contribution >= 4 is 0 Å². The Hall–Kier alpha value is -0.900. The Morgan fingerprint density at radius 2 is 1.93 bits per heavy atom. The summed E-state index contributed by atoms with van der Waals surface area (Å²) in [6.45, 7) is 1.87. The summed E-state index contributed by atoms with van der Waals surface area (Å²) in [5.74, 6) is 1.92. The van der Waals surface area contributed by atoms with Gasteiger partial charge in [-0.2, -0.15) is 4.98 Å². The SMILES string of the molecule is CC(N)c1nc(C2CCCCCC2)no1. The number of rotatable bonds is 2. The van der Waals surface area contributed by atoms with E-state index in [9.17, 15) is 0 Å². The molecule has 2 rings (SSSR count). The molecule has 0 amide bonds. The van der Waals surface area contributed by atoms with Crippen molar-refractivity contribution < 1.29 is 4.52 Å². The van der Waals surface area contributed by atoms with Gasteiger partial charge < -0.3 is 10.3 Å². The quantitative estimate of drug-likeness (QED) is 0.760. The highest BCUT2D eigenvalue weighted by atomic mass is 16.5. The second-order valence-corrected chi connectivity index (χ2v) is 4.47. The Kier molecular flexibility index (Phi) is 3.36. The van der Waals surface area contributed by atoms with Crippen molar-refractivity contribution in [2.45, 2.75) is 57.4 Å². The first-order valence-electron chi connectivity index (χ1n) is 5.86. The van der Waals surface area contributed by atoms with Crippen LogP contribution in [0.25, 0.3) is 0 Å². The molecule has 0 bridgehead atoms. The highest BCUT2D eigenvalue weighted by Gasteiger charge is 2.20. The number of hydrogen-bond acceptors (Lipinski definition) is 4. The molecule has 1 saturated carbocycles. The van der Waals surface area contributed by atoms with Gasteiger partial charge in [-0.05, 0) is 19.8 Å². The predicted molar refractivity (Wildman–Crippen MR) is 57.3 cm³/mol. The molecule has 0 saturated heterocycles. The summed E-state index contributed by atoms with van der Waals surface area (Å²) in [5.41, 5.74) is 5.69. The van der Waals surface area contributed by atoms with Crippen LogP contribution in [0, 0.1) is 0 Å². The van der Waals surface area contributed by atoms with E-state index in [0.717, 1.165) is 5.82 Å². The standard InChI is InChI=1S/C11H19N3O/c1-8(12)11-13-10(14-15-11)9-6-4-2-3-5-7-9/h8-9H,2-7,12H2,1H3. The van der Waals surface area contributed by atoms with E-state index < -0.39 is 0 Å². The molecule has 1 aromatic heterocycles. The van der Waals surface area contributed by atoms with Crippen molar-refractivity contribution in [2.75, 3.05) is 0 Å². The predicted octanol–water partition coefficient (Wildman–Crippen LogP) is 2.53. The van der Waals surface area contributed by atoms with E-state index in [0.29, 0.717) is 11.8 Å². The highest BCUT2D eigenvalue weighted by Crippen LogP contribution is 2.30. The van der Waals surface area contributed by atoms with Crippen molar-refractivity contribution in [2.24, 2.45) is 5.73 Å². The molecule has 0 radical (unpaired) electrons. The lowest BCUT2D eigenvalue weighted by atomic mass is 10.00. The number of aromatic nitrogens is 2. The maximum atomic E-state index is 5.69. The summed E-state index contributed by atoms with van der Waals surface area (Å²) in [6.07, 6.45) is 7.64. The van der Waals surface area contributed by atoms with Gasteiger partial charge in [-0.1, -0.05) is 30.8 Å². The van der Waals surface area contributed by atoms with Crippen LogP contribution in [0.5, 0.6) is 0 Å². The van der Waals surface area contributed by atoms with Crippen LogP contribution in [-0.4, -0.2) is 10.1 Å². The molecule has 4 nitrogen and oxygen atoms in total. The Morgan fingerprint density at radius 1 is 1.27 bits per heavy atom. The van der Waals surface area contributed by atoms with Gasteiger partial charge in [0.25, 0.3) is 0 Å². The smallest absolute Gasteiger partial charge is 0.243 e. The third-order valence-corrected chi connectivity index (χ3v) is 3.07. The molecular formula is C11H19N3O. The van der Waals surface area contributed by atoms with Gasteiger partial charge >= 0.3 is 0 Å². The van der Waals surface area contributed by atoms with Gasteiger partial charge in [0.2, 0.25) is 5.89 Å². The lowest BCUT2D eigenvalue weighted by Crippen LogP contribution is -2.06. The van der Waals surface area contributed by atoms with Gasteiger partial charge in [0.05, 0.1) is 6.04 Å². The van der Waals surface area contributed by atoms with Crippen molar-refractivity contribution in [3.05, 3.63) is 11.7 Å². The van der Waals surface area contributed by atoms with Crippen LogP contribution in [0.15, 0.2) is 4.52 Å². The third-order valence-electron chi connectivity index (χ3n) is 3.07. The zero-order chi connectivity index (χ0) is 10.7. The summed E-state index contributed by atoms with van der Waals surface area (Å²) in [6, 6.07) is -0.156. The molecule has 0 spiro atoms. The zero-order valence-corrected chi connectivity index (χ0v) is 9.28. The van der Waals surface area contributed by atoms with Gasteiger partial charge in [-0.25, -0.2) is 0 Å². The van der Waals surface area contributed by atoms with Crippen molar-refractivity contribution in [3.8, 4) is 0 Å². The summed E-state index contributed by atoms with van der Waals surface area (Å²) in [5, 5.41) is 4.04. The van der Waals surface area contributed by atoms with Crippen LogP contribution in [0.1, 0.15) is 69.1 Å². The van der Waals surface area contributed by atoms with E-state index in [4.69, 9.17) is 10.3 Å². The molecular weight excluding hydrogens is 190 g/mol. The van der Waals surface area contributed by atoms with E-state index in [1.165, 1.54) is 38.5 Å². The summed E-state index contributed by atoms with van der Waals surface area (Å²) in [4.78, 5) is 4.37. The van der Waals surface area contributed by atoms with Crippen LogP contribution in [0.4, 0.5) is 0 Å². The molecule has 1 unspecified atom stereocenters. The molecule has 4 heteroatoms. The van der Waals surface area contributed by atoms with Crippen LogP contribution in [0.2, 0.25) is 0 Å². The minimum Gasteiger partial charge on any atom is -0.338 e. The first kappa shape index (κ1) is 10.6. The molecule has 1 fully saturated rings. The lowest BCUT2D eigenvalue weighted by molar-refractivity contribution is 0.352. The van der Waals surface area contributed by atoms with Gasteiger partial charge in [0.15, 0.2) is 5.82 Å². The van der Waals surface area contributed by atoms with Gasteiger partial charge in [-0.3, -0.25) is 0 Å². The molecule has 1 heterocycles. The Bertz CT molecular complexity index is 301. The van der Waals surface area contributed by atoms with E-state index in [2.05, 4.69) is 10.1 Å². The van der Waals surface area contributed by atoms with E-state index in [1.54, 1.807) is 0 Å². The molecule has 0 aromatic carbocycles. The largest absolute Gasteiger partial charge is 0.338 e. The van der Waals surface area contributed by atoms with Gasteiger partial charge in [-0.15, -0.1) is 0 Å². The van der Waals surface area contributed by atoms with E-state index in [-0.39, 0.29) is 6.04 Å². The van der Waals surface area contributed by atoms with E-state index in [1.807, 2.05) is 6.92 Å². The monoisotopic (exact) mass is 209 g/mol. The molecule has 0 aliphatic heterocycles. The maximum absolute atomic E-state index is 5.69. The topological polar surface area (TPSA) is 64.9 Å². The average Bonchev–Trinajstić information content (AvgIpc) is 2.55. The second kappa shape index (κ2) is 4.75. The molecule has 2 N–H and O–H groups in total. The number of nitrogens with zero attached hydrogens (tertiary/aromatic N) is 2. The van der Waals surface area contributed by atoms with Crippen LogP contribution in [0.3, 0.4) is 0 Å². The zero-order valence-electron chi connectivity index (χ0n) is 9.28. The molecule has 1 aliphatic rings. The van der Waals surface area contributed by atoms with E-state index >= 15 is 0 Å². The molecule has 1 aromatic rings. The van der Waals surface area contributed by atoms with Crippen molar-refractivity contribution in [1.29, 1.82) is 0 Å². The number of nitrogens with two attached hydrogens (primary N) is 1. The fraction of sp³-hybridized carbons (Fsp3) is 0.818. The minimum absolute atomic E-state index is 0.156. The third kappa shape index (κ3) is 2.56. The minimum atomic E-state index is -0.156. The van der Waals surface area contributed by atoms with Gasteiger partial charge in [0, 0.05) is 5.92 Å². The first-order chi connectivity index (χ1) is 7.27. The Balaban J connectivity index is 2.06.